The van der Waals surface area contributed by atoms with E-state index in [9.17, 15) is 4.79 Å². The molecule has 0 aliphatic rings. The monoisotopic (exact) mass is 576 g/mol. The van der Waals surface area contributed by atoms with Gasteiger partial charge in [-0.1, -0.05) is 39.6 Å². The zero-order valence-electron chi connectivity index (χ0n) is 26.7. The van der Waals surface area contributed by atoms with Crippen LogP contribution in [0, 0.1) is 0 Å². The van der Waals surface area contributed by atoms with Gasteiger partial charge in [0.15, 0.2) is 16.6 Å². The van der Waals surface area contributed by atoms with Gasteiger partial charge in [-0.2, -0.15) is 0 Å². The minimum atomic E-state index is -2.33. The molecule has 5 nitrogen and oxygen atoms in total. The van der Waals surface area contributed by atoms with Gasteiger partial charge in [-0.3, -0.25) is 0 Å². The highest BCUT2D eigenvalue weighted by molar-refractivity contribution is 6.81. The van der Waals surface area contributed by atoms with Crippen LogP contribution in [-0.4, -0.2) is 63.2 Å². The van der Waals surface area contributed by atoms with E-state index in [2.05, 4.69) is 93.5 Å². The third-order valence-electron chi connectivity index (χ3n) is 8.27. The Labute approximate surface area is 228 Å². The van der Waals surface area contributed by atoms with E-state index in [1.54, 1.807) is 13.0 Å². The van der Waals surface area contributed by atoms with Crippen LogP contribution < -0.4 is 0 Å². The second-order valence-electron chi connectivity index (χ2n) is 13.6. The minimum absolute atomic E-state index is 0.0511. The second-order valence-corrected chi connectivity index (χ2v) is 32.2. The molecule has 0 bridgehead atoms. The number of hydrogen-bond donors (Lipinski definition) is 0. The summed E-state index contributed by atoms with van der Waals surface area (Å²) in [7, 11) is -7.61. The number of esters is 1. The number of allylic oxidation sites excluding steroid dienone is 1. The fraction of sp³-hybridized carbons (Fsp3) is 0.889. The van der Waals surface area contributed by atoms with Crippen molar-refractivity contribution in [3.05, 3.63) is 11.6 Å². The topological polar surface area (TPSA) is 54.0 Å². The zero-order chi connectivity index (χ0) is 28.8. The van der Waals surface area contributed by atoms with Gasteiger partial charge in [-0.15, -0.1) is 0 Å². The molecule has 0 aliphatic heterocycles. The Hall–Kier alpha value is -0.0425. The molecule has 214 valence electrons. The minimum Gasteiger partial charge on any atom is -0.462 e. The van der Waals surface area contributed by atoms with Crippen molar-refractivity contribution in [2.24, 2.45) is 0 Å². The quantitative estimate of drug-likeness (QED) is 0.0800. The third-order valence-corrected chi connectivity index (χ3v) is 20.8. The Balaban J connectivity index is 5.96. The predicted molar refractivity (Wildman–Crippen MR) is 166 cm³/mol. The molecule has 0 aliphatic carbocycles. The molecule has 0 heterocycles. The lowest BCUT2D eigenvalue weighted by Crippen LogP contribution is -2.59. The van der Waals surface area contributed by atoms with E-state index >= 15 is 0 Å². The summed E-state index contributed by atoms with van der Waals surface area (Å²) in [6, 6.07) is 0.935. The normalized spacial score (nSPS) is 19.7. The van der Waals surface area contributed by atoms with E-state index in [1.165, 1.54) is 0 Å². The van der Waals surface area contributed by atoms with Crippen molar-refractivity contribution in [1.29, 1.82) is 0 Å². The molecule has 0 amide bonds. The van der Waals surface area contributed by atoms with Gasteiger partial charge in [-0.05, 0) is 92.8 Å². The average molecular weight is 577 g/mol. The molecule has 0 radical (unpaired) electrons. The smallest absolute Gasteiger partial charge is 0.333 e. The van der Waals surface area contributed by atoms with Gasteiger partial charge in [-0.25, -0.2) is 4.79 Å². The van der Waals surface area contributed by atoms with Crippen LogP contribution >= 0.6 is 0 Å². The highest BCUT2D eigenvalue weighted by Gasteiger charge is 2.54. The largest absolute Gasteiger partial charge is 0.462 e. The summed E-state index contributed by atoms with van der Waals surface area (Å²) in [6.07, 6.45) is 3.64. The summed E-state index contributed by atoms with van der Waals surface area (Å²) >= 11 is 0. The van der Waals surface area contributed by atoms with Crippen LogP contribution in [0.4, 0.5) is 0 Å². The van der Waals surface area contributed by atoms with Gasteiger partial charge in [0.2, 0.25) is 8.32 Å². The lowest BCUT2D eigenvalue weighted by atomic mass is 10.0. The first-order chi connectivity index (χ1) is 16.1. The highest BCUT2D eigenvalue weighted by Crippen LogP contribution is 2.50. The second kappa shape index (κ2) is 13.8. The number of rotatable bonds is 16. The number of carbonyl (C=O) groups excluding carboxylic acids is 1. The van der Waals surface area contributed by atoms with Crippen LogP contribution in [0.1, 0.15) is 61.3 Å². The number of hydrogen-bond acceptors (Lipinski definition) is 5. The molecule has 0 aromatic heterocycles. The van der Waals surface area contributed by atoms with Crippen molar-refractivity contribution in [2.45, 2.75) is 149 Å². The molecule has 0 spiro atoms. The fourth-order valence-electron chi connectivity index (χ4n) is 4.30. The number of ether oxygens (including phenoxy) is 1. The SMILES string of the molecule is C/C=C(\C)C(=O)OCCC[Si](C)(OC(C)[Si](C)(C)C)C(C)(CC)C(C)O[Si](C)(C)C(C)O[Si](C)(C)C. The van der Waals surface area contributed by atoms with Gasteiger partial charge < -0.3 is 18.0 Å². The third kappa shape index (κ3) is 10.6. The molecule has 0 N–H and O–H groups in total. The van der Waals surface area contributed by atoms with Crippen LogP contribution in [0.2, 0.25) is 70.0 Å². The predicted octanol–water partition coefficient (Wildman–Crippen LogP) is 8.30. The average Bonchev–Trinajstić information content (AvgIpc) is 2.72. The van der Waals surface area contributed by atoms with Crippen molar-refractivity contribution < 1.29 is 22.8 Å². The molecular formula is C27H60O5Si4. The van der Waals surface area contributed by atoms with E-state index in [0.717, 1.165) is 18.9 Å². The lowest BCUT2D eigenvalue weighted by molar-refractivity contribution is -0.139. The van der Waals surface area contributed by atoms with Crippen molar-refractivity contribution in [3.8, 4) is 0 Å². The highest BCUT2D eigenvalue weighted by atomic mass is 28.4. The van der Waals surface area contributed by atoms with E-state index < -0.39 is 33.0 Å². The summed E-state index contributed by atoms with van der Waals surface area (Å²) in [4.78, 5) is 12.2. The molecule has 5 unspecified atom stereocenters. The first-order valence-corrected chi connectivity index (χ1v) is 26.5. The van der Waals surface area contributed by atoms with Gasteiger partial charge in [0.1, 0.15) is 0 Å². The summed E-state index contributed by atoms with van der Waals surface area (Å²) in [5, 5.41) is -0.0900. The van der Waals surface area contributed by atoms with Crippen LogP contribution in [0.15, 0.2) is 11.6 Å². The molecule has 36 heavy (non-hydrogen) atoms. The molecule has 0 fully saturated rings. The van der Waals surface area contributed by atoms with Crippen molar-refractivity contribution in [1.82, 2.24) is 0 Å². The standard InChI is InChI=1S/C27H60O5Si4/c1-17-22(3)26(28)29-20-19-21-36(16,32-24(5)33(8,9)10)27(7,18-2)23(4)30-35(14,15)25(6)31-34(11,12)13/h17,23-25H,18-21H2,1-16H3/b22-17+. The summed E-state index contributed by atoms with van der Waals surface area (Å²) < 4.78 is 26.2. The van der Waals surface area contributed by atoms with Crippen LogP contribution in [0.5, 0.6) is 0 Å². The Morgan fingerprint density at radius 1 is 0.889 bits per heavy atom. The molecule has 0 aromatic rings. The summed E-state index contributed by atoms with van der Waals surface area (Å²) in [5.74, 6) is -0.226. The Morgan fingerprint density at radius 3 is 1.83 bits per heavy atom. The van der Waals surface area contributed by atoms with E-state index in [4.69, 9.17) is 18.0 Å². The molecular weight excluding hydrogens is 517 g/mol. The molecule has 5 atom stereocenters. The van der Waals surface area contributed by atoms with Crippen LogP contribution in [-0.2, 0) is 22.8 Å². The van der Waals surface area contributed by atoms with E-state index in [-0.39, 0.29) is 28.6 Å². The molecule has 0 aromatic carbocycles. The maximum atomic E-state index is 12.2. The Kier molecular flexibility index (Phi) is 13.8. The molecule has 0 saturated carbocycles. The maximum absolute atomic E-state index is 12.2. The van der Waals surface area contributed by atoms with Crippen molar-refractivity contribution in [3.63, 3.8) is 0 Å². The van der Waals surface area contributed by atoms with Gasteiger partial charge in [0.05, 0.1) is 20.4 Å². The van der Waals surface area contributed by atoms with Gasteiger partial charge >= 0.3 is 5.97 Å². The number of carbonyl (C=O) groups is 1. The van der Waals surface area contributed by atoms with Gasteiger partial charge in [0, 0.05) is 22.4 Å². The van der Waals surface area contributed by atoms with Crippen molar-refractivity contribution >= 4 is 39.0 Å². The maximum Gasteiger partial charge on any atom is 0.333 e. The van der Waals surface area contributed by atoms with Crippen LogP contribution in [0.25, 0.3) is 0 Å². The zero-order valence-corrected chi connectivity index (χ0v) is 30.7. The van der Waals surface area contributed by atoms with Gasteiger partial charge in [0.25, 0.3) is 0 Å². The van der Waals surface area contributed by atoms with E-state index in [0.29, 0.717) is 12.2 Å². The first kappa shape index (κ1) is 36.0. The molecule has 0 rings (SSSR count). The molecule has 0 saturated heterocycles. The first-order valence-electron chi connectivity index (χ1n) is 13.9. The molecule has 9 heteroatoms. The van der Waals surface area contributed by atoms with E-state index in [1.807, 2.05) is 6.92 Å². The summed E-state index contributed by atoms with van der Waals surface area (Å²) in [5.41, 5.74) is 1.04. The fourth-order valence-corrected chi connectivity index (χ4v) is 15.5. The summed E-state index contributed by atoms with van der Waals surface area (Å²) in [6.45, 7) is 36.3. The van der Waals surface area contributed by atoms with Crippen molar-refractivity contribution in [2.75, 3.05) is 6.61 Å². The Bertz CT molecular complexity index is 729. The van der Waals surface area contributed by atoms with Crippen LogP contribution in [0.3, 0.4) is 0 Å². The Morgan fingerprint density at radius 2 is 1.42 bits per heavy atom. The lowest BCUT2D eigenvalue weighted by Gasteiger charge is -2.52.